The van der Waals surface area contributed by atoms with E-state index in [-0.39, 0.29) is 18.3 Å². The summed E-state index contributed by atoms with van der Waals surface area (Å²) in [5, 5.41) is 10.1. The first-order valence-electron chi connectivity index (χ1n) is 15.4. The zero-order chi connectivity index (χ0) is 28.5. The maximum absolute atomic E-state index is 13.3. The van der Waals surface area contributed by atoms with E-state index in [1.54, 1.807) is 0 Å². The monoisotopic (exact) mass is 568 g/mol. The van der Waals surface area contributed by atoms with Crippen LogP contribution in [0.2, 0.25) is 0 Å². The Morgan fingerprint density at radius 2 is 1.57 bits per heavy atom. The van der Waals surface area contributed by atoms with Gasteiger partial charge in [-0.15, -0.1) is 0 Å². The molecule has 1 aliphatic carbocycles. The van der Waals surface area contributed by atoms with Crippen molar-refractivity contribution in [3.63, 3.8) is 0 Å². The number of ether oxygens (including phenoxy) is 3. The molecule has 2 atom stereocenters. The van der Waals surface area contributed by atoms with E-state index >= 15 is 0 Å². The van der Waals surface area contributed by atoms with E-state index in [1.165, 1.54) is 11.1 Å². The van der Waals surface area contributed by atoms with Crippen LogP contribution in [0.4, 0.5) is 0 Å². The molecule has 220 valence electrons. The van der Waals surface area contributed by atoms with Gasteiger partial charge in [-0.1, -0.05) is 36.4 Å². The van der Waals surface area contributed by atoms with Crippen molar-refractivity contribution in [2.75, 3.05) is 39.4 Å². The maximum atomic E-state index is 13.3. The van der Waals surface area contributed by atoms with Crippen LogP contribution in [0.1, 0.15) is 58.6 Å². The summed E-state index contributed by atoms with van der Waals surface area (Å²) in [5.74, 6) is 2.52. The molecule has 2 unspecified atom stereocenters. The van der Waals surface area contributed by atoms with Gasteiger partial charge in [-0.05, 0) is 78.1 Å². The van der Waals surface area contributed by atoms with Crippen LogP contribution in [0.25, 0.3) is 0 Å². The Balaban J connectivity index is 0.937. The second kappa shape index (κ2) is 11.8. The molecule has 1 saturated carbocycles. The average Bonchev–Trinajstić information content (AvgIpc) is 3.74. The van der Waals surface area contributed by atoms with E-state index in [0.717, 1.165) is 64.0 Å². The molecule has 1 amide bonds. The molecule has 0 aromatic heterocycles. The normalized spacial score (nSPS) is 23.9. The van der Waals surface area contributed by atoms with Crippen molar-refractivity contribution in [1.82, 2.24) is 9.80 Å². The van der Waals surface area contributed by atoms with Gasteiger partial charge in [0.1, 0.15) is 11.5 Å². The van der Waals surface area contributed by atoms with Gasteiger partial charge in [0.25, 0.3) is 5.91 Å². The summed E-state index contributed by atoms with van der Waals surface area (Å²) in [5.41, 5.74) is 4.03. The molecule has 1 spiro atoms. The molecule has 3 aliphatic heterocycles. The minimum absolute atomic E-state index is 0.0913. The third-order valence-electron chi connectivity index (χ3n) is 9.71. The quantitative estimate of drug-likeness (QED) is 0.402. The molecule has 0 radical (unpaired) electrons. The first-order chi connectivity index (χ1) is 20.6. The zero-order valence-corrected chi connectivity index (χ0v) is 24.1. The second-order valence-electron chi connectivity index (χ2n) is 12.4. The third-order valence-corrected chi connectivity index (χ3v) is 9.71. The lowest BCUT2D eigenvalue weighted by Gasteiger charge is -2.35. The molecule has 7 heteroatoms. The molecule has 3 aromatic rings. The van der Waals surface area contributed by atoms with Gasteiger partial charge in [0, 0.05) is 56.7 Å². The number of carbonyl (C=O) groups is 1. The summed E-state index contributed by atoms with van der Waals surface area (Å²) >= 11 is 0. The SMILES string of the molecule is O=C(c1ccc(Oc2ccc(C3CCC4(CC3)OCCO4)cc2CO)cc1)N1CC2CN(Cc3ccccc3)CC2C1. The maximum Gasteiger partial charge on any atom is 0.253 e. The van der Waals surface area contributed by atoms with Crippen LogP contribution < -0.4 is 4.74 Å². The molecule has 3 saturated heterocycles. The Morgan fingerprint density at radius 3 is 2.24 bits per heavy atom. The smallest absolute Gasteiger partial charge is 0.253 e. The van der Waals surface area contributed by atoms with Crippen molar-refractivity contribution in [3.8, 4) is 11.5 Å². The summed E-state index contributed by atoms with van der Waals surface area (Å²) in [4.78, 5) is 17.9. The van der Waals surface area contributed by atoms with Gasteiger partial charge in [-0.2, -0.15) is 0 Å². The Morgan fingerprint density at radius 1 is 0.881 bits per heavy atom. The lowest BCUT2D eigenvalue weighted by atomic mass is 9.80. The first-order valence-corrected chi connectivity index (χ1v) is 15.4. The Hall–Kier alpha value is -3.23. The largest absolute Gasteiger partial charge is 0.457 e. The Kier molecular flexibility index (Phi) is 7.76. The topological polar surface area (TPSA) is 71.5 Å². The van der Waals surface area contributed by atoms with E-state index in [4.69, 9.17) is 14.2 Å². The van der Waals surface area contributed by atoms with E-state index < -0.39 is 0 Å². The summed E-state index contributed by atoms with van der Waals surface area (Å²) in [6.45, 7) is 6.00. The highest BCUT2D eigenvalue weighted by Gasteiger charge is 2.42. The molecular weight excluding hydrogens is 528 g/mol. The molecule has 3 heterocycles. The Labute approximate surface area is 248 Å². The molecule has 4 aliphatic rings. The van der Waals surface area contributed by atoms with Gasteiger partial charge < -0.3 is 24.2 Å². The molecule has 1 N–H and O–H groups in total. The summed E-state index contributed by atoms with van der Waals surface area (Å²) in [7, 11) is 0. The van der Waals surface area contributed by atoms with E-state index in [9.17, 15) is 9.90 Å². The number of aliphatic hydroxyl groups is 1. The van der Waals surface area contributed by atoms with Crippen LogP contribution in [0.15, 0.2) is 72.8 Å². The highest BCUT2D eigenvalue weighted by Crippen LogP contribution is 2.43. The van der Waals surface area contributed by atoms with Crippen LogP contribution in [0, 0.1) is 11.8 Å². The number of rotatable bonds is 7. The molecule has 7 nitrogen and oxygen atoms in total. The van der Waals surface area contributed by atoms with Gasteiger partial charge in [0.2, 0.25) is 0 Å². The number of aliphatic hydroxyl groups excluding tert-OH is 1. The number of fused-ring (bicyclic) bond motifs is 1. The number of benzene rings is 3. The minimum Gasteiger partial charge on any atom is -0.457 e. The predicted octanol–water partition coefficient (Wildman–Crippen LogP) is 5.58. The fraction of sp³-hybridized carbons (Fsp3) is 0.457. The van der Waals surface area contributed by atoms with Crippen LogP contribution in [0.3, 0.4) is 0 Å². The van der Waals surface area contributed by atoms with Crippen molar-refractivity contribution in [3.05, 3.63) is 95.1 Å². The molecule has 42 heavy (non-hydrogen) atoms. The van der Waals surface area contributed by atoms with Gasteiger partial charge >= 0.3 is 0 Å². The summed E-state index contributed by atoms with van der Waals surface area (Å²) in [6.07, 6.45) is 3.82. The standard InChI is InChI=1S/C35H40N2O5/c38-24-29-18-28(26-12-14-35(15-13-26)40-16-17-41-35)8-11-33(29)42-32-9-6-27(7-10-32)34(39)37-22-30-20-36(21-31(30)23-37)19-25-4-2-1-3-5-25/h1-11,18,26,30-31,38H,12-17,19-24H2. The number of nitrogens with zero attached hydrogens (tertiary/aromatic N) is 2. The van der Waals surface area contributed by atoms with Crippen LogP contribution in [0.5, 0.6) is 11.5 Å². The average molecular weight is 569 g/mol. The fourth-order valence-corrected chi connectivity index (χ4v) is 7.45. The van der Waals surface area contributed by atoms with E-state index in [0.29, 0.717) is 48.0 Å². The number of amides is 1. The summed E-state index contributed by atoms with van der Waals surface area (Å²) in [6, 6.07) is 24.2. The number of hydrogen-bond acceptors (Lipinski definition) is 6. The molecule has 7 rings (SSSR count). The van der Waals surface area contributed by atoms with Gasteiger partial charge in [0.15, 0.2) is 5.79 Å². The number of carbonyl (C=O) groups excluding carboxylic acids is 1. The highest BCUT2D eigenvalue weighted by molar-refractivity contribution is 5.94. The van der Waals surface area contributed by atoms with Crippen molar-refractivity contribution in [2.45, 2.75) is 50.5 Å². The molecule has 4 fully saturated rings. The van der Waals surface area contributed by atoms with E-state index in [1.807, 2.05) is 35.2 Å². The van der Waals surface area contributed by atoms with Gasteiger partial charge in [0.05, 0.1) is 19.8 Å². The van der Waals surface area contributed by atoms with Crippen LogP contribution in [-0.4, -0.2) is 66.0 Å². The van der Waals surface area contributed by atoms with Crippen LogP contribution in [-0.2, 0) is 22.6 Å². The number of hydrogen-bond donors (Lipinski definition) is 1. The third kappa shape index (κ3) is 5.71. The van der Waals surface area contributed by atoms with Gasteiger partial charge in [-0.3, -0.25) is 9.69 Å². The Bertz CT molecular complexity index is 1360. The zero-order valence-electron chi connectivity index (χ0n) is 24.1. The van der Waals surface area contributed by atoms with Crippen molar-refractivity contribution in [2.24, 2.45) is 11.8 Å². The molecular formula is C35H40N2O5. The van der Waals surface area contributed by atoms with E-state index in [2.05, 4.69) is 47.4 Å². The predicted molar refractivity (Wildman–Crippen MR) is 159 cm³/mol. The highest BCUT2D eigenvalue weighted by atomic mass is 16.7. The molecule has 0 bridgehead atoms. The molecule has 3 aromatic carbocycles. The van der Waals surface area contributed by atoms with Crippen molar-refractivity contribution in [1.29, 1.82) is 0 Å². The van der Waals surface area contributed by atoms with Crippen LogP contribution >= 0.6 is 0 Å². The van der Waals surface area contributed by atoms with Crippen molar-refractivity contribution < 1.29 is 24.1 Å². The van der Waals surface area contributed by atoms with Gasteiger partial charge in [-0.25, -0.2) is 0 Å². The fourth-order valence-electron chi connectivity index (χ4n) is 7.45. The minimum atomic E-state index is -0.371. The van der Waals surface area contributed by atoms with Crippen molar-refractivity contribution >= 4 is 5.91 Å². The number of likely N-dealkylation sites (tertiary alicyclic amines) is 2. The lowest BCUT2D eigenvalue weighted by molar-refractivity contribution is -0.178. The first kappa shape index (κ1) is 27.6. The second-order valence-corrected chi connectivity index (χ2v) is 12.4. The lowest BCUT2D eigenvalue weighted by Crippen LogP contribution is -2.34. The summed E-state index contributed by atoms with van der Waals surface area (Å²) < 4.78 is 17.9.